The van der Waals surface area contributed by atoms with E-state index in [-0.39, 0.29) is 5.91 Å². The molecule has 98 valence electrons. The van der Waals surface area contributed by atoms with Crippen LogP contribution in [0.4, 0.5) is 5.69 Å². The van der Waals surface area contributed by atoms with E-state index in [9.17, 15) is 4.79 Å². The summed E-state index contributed by atoms with van der Waals surface area (Å²) in [5.74, 6) is 0.0424. The number of carbonyl (C=O) groups excluding carboxylic acids is 1. The first-order valence-electron chi connectivity index (χ1n) is 6.42. The SMILES string of the molecule is CCC1CCCC1(Nc1cccc(Cl)c1)C(N)=O. The summed E-state index contributed by atoms with van der Waals surface area (Å²) < 4.78 is 0. The van der Waals surface area contributed by atoms with Crippen LogP contribution in [0.15, 0.2) is 24.3 Å². The van der Waals surface area contributed by atoms with E-state index in [4.69, 9.17) is 17.3 Å². The Kier molecular flexibility index (Phi) is 3.81. The molecule has 2 rings (SSSR count). The van der Waals surface area contributed by atoms with Crippen LogP contribution in [-0.4, -0.2) is 11.4 Å². The van der Waals surface area contributed by atoms with Gasteiger partial charge in [0.05, 0.1) is 0 Å². The van der Waals surface area contributed by atoms with Crippen LogP contribution in [0.1, 0.15) is 32.6 Å². The van der Waals surface area contributed by atoms with E-state index in [2.05, 4.69) is 12.2 Å². The molecule has 1 aromatic carbocycles. The second-order valence-corrected chi connectivity index (χ2v) is 5.40. The highest BCUT2D eigenvalue weighted by atomic mass is 35.5. The van der Waals surface area contributed by atoms with Crippen molar-refractivity contribution in [2.75, 3.05) is 5.32 Å². The molecular formula is C14H19ClN2O. The molecule has 1 aromatic rings. The Balaban J connectivity index is 2.29. The van der Waals surface area contributed by atoms with Crippen molar-refractivity contribution >= 4 is 23.2 Å². The maximum Gasteiger partial charge on any atom is 0.243 e. The highest BCUT2D eigenvalue weighted by Gasteiger charge is 2.46. The maximum absolute atomic E-state index is 11.9. The van der Waals surface area contributed by atoms with Crippen LogP contribution in [-0.2, 0) is 4.79 Å². The molecule has 1 fully saturated rings. The molecule has 0 saturated heterocycles. The number of carbonyl (C=O) groups is 1. The molecule has 3 N–H and O–H groups in total. The van der Waals surface area contributed by atoms with Gasteiger partial charge in [-0.2, -0.15) is 0 Å². The van der Waals surface area contributed by atoms with Crippen molar-refractivity contribution in [2.24, 2.45) is 11.7 Å². The molecule has 2 atom stereocenters. The minimum absolute atomic E-state index is 0.258. The second kappa shape index (κ2) is 5.19. The van der Waals surface area contributed by atoms with E-state index in [1.165, 1.54) is 0 Å². The van der Waals surface area contributed by atoms with E-state index in [0.29, 0.717) is 10.9 Å². The number of hydrogen-bond acceptors (Lipinski definition) is 2. The van der Waals surface area contributed by atoms with Crippen LogP contribution in [0, 0.1) is 5.92 Å². The molecule has 1 saturated carbocycles. The highest BCUT2D eigenvalue weighted by molar-refractivity contribution is 6.30. The predicted octanol–water partition coefficient (Wildman–Crippen LogP) is 3.19. The minimum atomic E-state index is -0.612. The Labute approximate surface area is 113 Å². The van der Waals surface area contributed by atoms with Gasteiger partial charge in [-0.25, -0.2) is 0 Å². The summed E-state index contributed by atoms with van der Waals surface area (Å²) in [7, 11) is 0. The van der Waals surface area contributed by atoms with Crippen LogP contribution in [0.2, 0.25) is 5.02 Å². The maximum atomic E-state index is 11.9. The molecular weight excluding hydrogens is 248 g/mol. The normalized spacial score (nSPS) is 27.1. The number of halogens is 1. The number of amides is 1. The zero-order chi connectivity index (χ0) is 13.2. The first kappa shape index (κ1) is 13.2. The van der Waals surface area contributed by atoms with E-state index >= 15 is 0 Å². The summed E-state index contributed by atoms with van der Waals surface area (Å²) in [5.41, 5.74) is 5.90. The summed E-state index contributed by atoms with van der Waals surface area (Å²) in [6, 6.07) is 7.43. The number of benzene rings is 1. The van der Waals surface area contributed by atoms with Crippen molar-refractivity contribution in [3.63, 3.8) is 0 Å². The van der Waals surface area contributed by atoms with Crippen molar-refractivity contribution < 1.29 is 4.79 Å². The average molecular weight is 267 g/mol. The van der Waals surface area contributed by atoms with E-state index in [0.717, 1.165) is 31.4 Å². The summed E-state index contributed by atoms with van der Waals surface area (Å²) in [5, 5.41) is 3.99. The third kappa shape index (κ3) is 2.32. The lowest BCUT2D eigenvalue weighted by molar-refractivity contribution is -0.123. The molecule has 18 heavy (non-hydrogen) atoms. The van der Waals surface area contributed by atoms with Crippen molar-refractivity contribution in [2.45, 2.75) is 38.1 Å². The summed E-state index contributed by atoms with van der Waals surface area (Å²) in [6.45, 7) is 2.10. The van der Waals surface area contributed by atoms with Gasteiger partial charge in [0.1, 0.15) is 5.54 Å². The van der Waals surface area contributed by atoms with Gasteiger partial charge in [0, 0.05) is 10.7 Å². The Morgan fingerprint density at radius 2 is 2.39 bits per heavy atom. The lowest BCUT2D eigenvalue weighted by Crippen LogP contribution is -2.53. The summed E-state index contributed by atoms with van der Waals surface area (Å²) in [6.07, 6.45) is 3.84. The first-order valence-corrected chi connectivity index (χ1v) is 6.80. The number of primary amides is 1. The number of anilines is 1. The van der Waals surface area contributed by atoms with Crippen LogP contribution < -0.4 is 11.1 Å². The number of hydrogen-bond donors (Lipinski definition) is 2. The van der Waals surface area contributed by atoms with Gasteiger partial charge in [-0.1, -0.05) is 37.4 Å². The summed E-state index contributed by atoms with van der Waals surface area (Å²) in [4.78, 5) is 11.9. The zero-order valence-electron chi connectivity index (χ0n) is 10.6. The standard InChI is InChI=1S/C14H19ClN2O/c1-2-10-5-4-8-14(10,13(16)18)17-12-7-3-6-11(15)9-12/h3,6-7,9-10,17H,2,4-5,8H2,1H3,(H2,16,18). The molecule has 0 spiro atoms. The molecule has 4 heteroatoms. The van der Waals surface area contributed by atoms with Crippen LogP contribution in [0.5, 0.6) is 0 Å². The molecule has 3 nitrogen and oxygen atoms in total. The Hall–Kier alpha value is -1.22. The van der Waals surface area contributed by atoms with Gasteiger partial charge in [-0.05, 0) is 37.0 Å². The quantitative estimate of drug-likeness (QED) is 0.879. The number of rotatable bonds is 4. The average Bonchev–Trinajstić information content (AvgIpc) is 2.73. The van der Waals surface area contributed by atoms with Crippen LogP contribution in [0.25, 0.3) is 0 Å². The number of nitrogens with one attached hydrogen (secondary N) is 1. The van der Waals surface area contributed by atoms with Crippen LogP contribution >= 0.6 is 11.6 Å². The number of nitrogens with two attached hydrogens (primary N) is 1. The third-order valence-corrected chi connectivity index (χ3v) is 4.18. The Morgan fingerprint density at radius 1 is 1.61 bits per heavy atom. The van der Waals surface area contributed by atoms with Gasteiger partial charge in [0.2, 0.25) is 5.91 Å². The molecule has 2 unspecified atom stereocenters. The molecule has 0 aromatic heterocycles. The minimum Gasteiger partial charge on any atom is -0.371 e. The van der Waals surface area contributed by atoms with Crippen molar-refractivity contribution in [3.05, 3.63) is 29.3 Å². The van der Waals surface area contributed by atoms with E-state index in [1.54, 1.807) is 0 Å². The summed E-state index contributed by atoms with van der Waals surface area (Å²) >= 11 is 5.97. The molecule has 1 aliphatic rings. The van der Waals surface area contributed by atoms with E-state index < -0.39 is 5.54 Å². The first-order chi connectivity index (χ1) is 8.58. The smallest absolute Gasteiger partial charge is 0.243 e. The van der Waals surface area contributed by atoms with Gasteiger partial charge in [0.25, 0.3) is 0 Å². The fourth-order valence-electron chi connectivity index (χ4n) is 3.00. The second-order valence-electron chi connectivity index (χ2n) is 4.97. The monoisotopic (exact) mass is 266 g/mol. The molecule has 1 amide bonds. The topological polar surface area (TPSA) is 55.1 Å². The fraction of sp³-hybridized carbons (Fsp3) is 0.500. The zero-order valence-corrected chi connectivity index (χ0v) is 11.3. The van der Waals surface area contributed by atoms with Crippen molar-refractivity contribution in [1.29, 1.82) is 0 Å². The largest absolute Gasteiger partial charge is 0.371 e. The van der Waals surface area contributed by atoms with Crippen LogP contribution in [0.3, 0.4) is 0 Å². The predicted molar refractivity (Wildman–Crippen MR) is 74.6 cm³/mol. The molecule has 1 aliphatic carbocycles. The van der Waals surface area contributed by atoms with E-state index in [1.807, 2.05) is 24.3 Å². The molecule has 0 radical (unpaired) electrons. The van der Waals surface area contributed by atoms with Gasteiger partial charge in [-0.3, -0.25) is 4.79 Å². The Morgan fingerprint density at radius 3 is 3.00 bits per heavy atom. The molecule has 0 aliphatic heterocycles. The third-order valence-electron chi connectivity index (χ3n) is 3.95. The molecule has 0 bridgehead atoms. The van der Waals surface area contributed by atoms with Gasteiger partial charge in [-0.15, -0.1) is 0 Å². The van der Waals surface area contributed by atoms with Gasteiger partial charge >= 0.3 is 0 Å². The van der Waals surface area contributed by atoms with Gasteiger partial charge in [0.15, 0.2) is 0 Å². The van der Waals surface area contributed by atoms with Gasteiger partial charge < -0.3 is 11.1 Å². The highest BCUT2D eigenvalue weighted by Crippen LogP contribution is 2.40. The van der Waals surface area contributed by atoms with Crippen molar-refractivity contribution in [3.8, 4) is 0 Å². The Bertz CT molecular complexity index is 449. The fourth-order valence-corrected chi connectivity index (χ4v) is 3.20. The van der Waals surface area contributed by atoms with Crippen molar-refractivity contribution in [1.82, 2.24) is 0 Å². The molecule has 0 heterocycles. The lowest BCUT2D eigenvalue weighted by atomic mass is 9.84. The lowest BCUT2D eigenvalue weighted by Gasteiger charge is -2.34.